The van der Waals surface area contributed by atoms with Gasteiger partial charge in [0.05, 0.1) is 4.86 Å². The molecule has 2 aromatic carbocycles. The predicted molar refractivity (Wildman–Crippen MR) is 125 cm³/mol. The number of carbonyl (C=O) groups excluding carboxylic acids is 1. The predicted octanol–water partition coefficient (Wildman–Crippen LogP) is 2.84. The highest BCUT2D eigenvalue weighted by atomic mass is 35.5. The fraction of sp³-hybridized carbons (Fsp3) is 0.455. The zero-order valence-corrected chi connectivity index (χ0v) is 19.1. The molecule has 1 unspecified atom stereocenters. The van der Waals surface area contributed by atoms with Crippen molar-refractivity contribution in [2.45, 2.75) is 19.3 Å². The summed E-state index contributed by atoms with van der Waals surface area (Å²) in [6, 6.07) is 13.9. The van der Waals surface area contributed by atoms with Gasteiger partial charge in [-0.2, -0.15) is 8.42 Å². The van der Waals surface area contributed by atoms with Gasteiger partial charge in [-0.25, -0.2) is 4.79 Å². The number of likely N-dealkylation sites (tertiary alicyclic amines) is 1. The van der Waals surface area contributed by atoms with Crippen molar-refractivity contribution in [3.05, 3.63) is 48.0 Å². The summed E-state index contributed by atoms with van der Waals surface area (Å²) < 4.78 is 24.2. The van der Waals surface area contributed by atoms with Gasteiger partial charge in [-0.15, -0.1) is 12.4 Å². The quantitative estimate of drug-likeness (QED) is 0.685. The third-order valence-corrected chi connectivity index (χ3v) is 6.36. The van der Waals surface area contributed by atoms with E-state index in [4.69, 9.17) is 0 Å². The van der Waals surface area contributed by atoms with Crippen LogP contribution in [0.2, 0.25) is 0 Å². The highest BCUT2D eigenvalue weighted by molar-refractivity contribution is 7.73. The molecule has 3 rings (SSSR count). The van der Waals surface area contributed by atoms with E-state index in [-0.39, 0.29) is 24.4 Å². The molecule has 0 bridgehead atoms. The Hall–Kier alpha value is -2.09. The number of carbonyl (C=O) groups is 1. The van der Waals surface area contributed by atoms with E-state index in [0.29, 0.717) is 30.9 Å². The maximum atomic E-state index is 12.5. The van der Waals surface area contributed by atoms with Crippen LogP contribution in [0.25, 0.3) is 10.8 Å². The Balaban J connectivity index is 0.00000320. The van der Waals surface area contributed by atoms with Gasteiger partial charge < -0.3 is 15.1 Å². The molecule has 0 saturated carbocycles. The van der Waals surface area contributed by atoms with Crippen LogP contribution in [0, 0.1) is 5.92 Å². The van der Waals surface area contributed by atoms with Crippen molar-refractivity contribution < 1.29 is 13.2 Å². The molecular weight excluding hydrogens is 422 g/mol. The van der Waals surface area contributed by atoms with Crippen molar-refractivity contribution in [3.8, 4) is 0 Å². The molecule has 8 heteroatoms. The average Bonchev–Trinajstić information content (AvgIpc) is 2.71. The normalized spacial score (nSPS) is 16.2. The van der Waals surface area contributed by atoms with Gasteiger partial charge in [-0.3, -0.25) is 0 Å². The van der Waals surface area contributed by atoms with E-state index in [1.54, 1.807) is 4.90 Å². The summed E-state index contributed by atoms with van der Waals surface area (Å²) in [5, 5.41) is 5.11. The number of likely N-dealkylation sites (N-methyl/N-ethyl adjacent to an activating group) is 1. The SMILES string of the molecule is CN(C)CCNC(=O)N1CCCC(C(Cc2cccc3ccccc23)=S(=O)=O)C1.Cl. The van der Waals surface area contributed by atoms with Crippen molar-refractivity contribution in [2.24, 2.45) is 5.92 Å². The zero-order chi connectivity index (χ0) is 20.8. The molecule has 6 nitrogen and oxygen atoms in total. The maximum absolute atomic E-state index is 12.5. The number of benzene rings is 2. The minimum Gasteiger partial charge on any atom is -0.337 e. The number of fused-ring (bicyclic) bond motifs is 1. The van der Waals surface area contributed by atoms with E-state index in [1.807, 2.05) is 61.5 Å². The van der Waals surface area contributed by atoms with Gasteiger partial charge >= 0.3 is 6.03 Å². The van der Waals surface area contributed by atoms with E-state index < -0.39 is 10.3 Å². The Morgan fingerprint density at radius 1 is 1.17 bits per heavy atom. The highest BCUT2D eigenvalue weighted by Gasteiger charge is 2.28. The average molecular weight is 452 g/mol. The van der Waals surface area contributed by atoms with Crippen LogP contribution in [0.15, 0.2) is 42.5 Å². The summed E-state index contributed by atoms with van der Waals surface area (Å²) in [6.07, 6.45) is 1.98. The molecule has 1 N–H and O–H groups in total. The molecule has 1 aliphatic rings. The molecular formula is C22H30ClN3O3S. The Morgan fingerprint density at radius 3 is 2.63 bits per heavy atom. The van der Waals surface area contributed by atoms with Crippen LogP contribution in [0.1, 0.15) is 18.4 Å². The summed E-state index contributed by atoms with van der Waals surface area (Å²) in [6.45, 7) is 2.46. The van der Waals surface area contributed by atoms with Gasteiger partial charge in [0.2, 0.25) is 10.3 Å². The second kappa shape index (κ2) is 11.3. The molecule has 0 aromatic heterocycles. The van der Waals surface area contributed by atoms with Crippen LogP contribution in [0.5, 0.6) is 0 Å². The first-order chi connectivity index (χ1) is 14.0. The summed E-state index contributed by atoms with van der Waals surface area (Å²) >= 11 is 0. The van der Waals surface area contributed by atoms with Crippen molar-refractivity contribution in [3.63, 3.8) is 0 Å². The van der Waals surface area contributed by atoms with Crippen molar-refractivity contribution in [1.82, 2.24) is 15.1 Å². The topological polar surface area (TPSA) is 69.7 Å². The van der Waals surface area contributed by atoms with Crippen molar-refractivity contribution >= 4 is 44.4 Å². The Kier molecular flexibility index (Phi) is 9.14. The molecule has 1 aliphatic heterocycles. The monoisotopic (exact) mass is 451 g/mol. The molecule has 0 aliphatic carbocycles. The van der Waals surface area contributed by atoms with Crippen LogP contribution in [0.4, 0.5) is 4.79 Å². The van der Waals surface area contributed by atoms with Crippen LogP contribution in [-0.4, -0.2) is 69.4 Å². The lowest BCUT2D eigenvalue weighted by Gasteiger charge is -2.33. The number of halogens is 1. The zero-order valence-electron chi connectivity index (χ0n) is 17.5. The first-order valence-corrected chi connectivity index (χ1v) is 11.1. The first-order valence-electron chi connectivity index (χ1n) is 10.0. The van der Waals surface area contributed by atoms with E-state index in [0.717, 1.165) is 35.7 Å². The molecule has 1 saturated heterocycles. The second-order valence-corrected chi connectivity index (χ2v) is 8.83. The minimum absolute atomic E-state index is 0. The van der Waals surface area contributed by atoms with Gasteiger partial charge in [0, 0.05) is 38.5 Å². The molecule has 164 valence electrons. The number of urea groups is 1. The summed E-state index contributed by atoms with van der Waals surface area (Å²) in [5.74, 6) is -0.138. The number of amides is 2. The number of hydrogen-bond acceptors (Lipinski definition) is 4. The fourth-order valence-electron chi connectivity index (χ4n) is 3.90. The fourth-order valence-corrected chi connectivity index (χ4v) is 4.63. The summed E-state index contributed by atoms with van der Waals surface area (Å²) in [4.78, 5) is 16.7. The molecule has 1 fully saturated rings. The Morgan fingerprint density at radius 2 is 1.90 bits per heavy atom. The molecule has 30 heavy (non-hydrogen) atoms. The molecule has 1 atom stereocenters. The highest BCUT2D eigenvalue weighted by Crippen LogP contribution is 2.24. The molecule has 1 heterocycles. The summed E-state index contributed by atoms with van der Waals surface area (Å²) in [7, 11) is 1.64. The number of piperidine rings is 1. The number of nitrogens with one attached hydrogen (secondary N) is 1. The first kappa shape index (κ1) is 24.2. The van der Waals surface area contributed by atoms with E-state index in [2.05, 4.69) is 5.32 Å². The molecule has 2 amide bonds. The third-order valence-electron chi connectivity index (χ3n) is 5.46. The lowest BCUT2D eigenvalue weighted by molar-refractivity contribution is 0.177. The third kappa shape index (κ3) is 6.20. The van der Waals surface area contributed by atoms with Gasteiger partial charge in [0.1, 0.15) is 0 Å². The van der Waals surface area contributed by atoms with E-state index >= 15 is 0 Å². The van der Waals surface area contributed by atoms with E-state index in [9.17, 15) is 13.2 Å². The van der Waals surface area contributed by atoms with E-state index in [1.165, 1.54) is 0 Å². The Labute approximate surface area is 186 Å². The Bertz CT molecular complexity index is 994. The van der Waals surface area contributed by atoms with Gasteiger partial charge in [-0.05, 0) is 43.3 Å². The maximum Gasteiger partial charge on any atom is 0.317 e. The second-order valence-electron chi connectivity index (χ2n) is 7.84. The van der Waals surface area contributed by atoms with Crippen LogP contribution in [0.3, 0.4) is 0 Å². The number of nitrogens with zero attached hydrogens (tertiary/aromatic N) is 2. The minimum atomic E-state index is -2.28. The standard InChI is InChI=1S/C22H29N3O3S.ClH/c1-24(2)14-12-23-22(26)25-13-6-10-19(16-25)21(29(27)28)15-18-9-5-8-17-7-3-4-11-20(17)18;/h3-5,7-9,11,19H,6,10,12-16H2,1-2H3,(H,23,26);1H. The largest absolute Gasteiger partial charge is 0.337 e. The lowest BCUT2D eigenvalue weighted by atomic mass is 9.90. The molecule has 0 radical (unpaired) electrons. The van der Waals surface area contributed by atoms with Gasteiger partial charge in [0.15, 0.2) is 0 Å². The van der Waals surface area contributed by atoms with Crippen molar-refractivity contribution in [2.75, 3.05) is 40.3 Å². The summed E-state index contributed by atoms with van der Waals surface area (Å²) in [5.41, 5.74) is 1.01. The van der Waals surface area contributed by atoms with Crippen LogP contribution in [-0.2, 0) is 16.7 Å². The van der Waals surface area contributed by atoms with Gasteiger partial charge in [0.25, 0.3) is 0 Å². The van der Waals surface area contributed by atoms with Crippen molar-refractivity contribution in [1.29, 1.82) is 0 Å². The smallest absolute Gasteiger partial charge is 0.317 e. The van der Waals surface area contributed by atoms with Crippen LogP contribution >= 0.6 is 12.4 Å². The number of hydrogen-bond donors (Lipinski definition) is 1. The number of rotatable bonds is 6. The molecule has 0 spiro atoms. The van der Waals surface area contributed by atoms with Gasteiger partial charge in [-0.1, -0.05) is 42.5 Å². The molecule has 2 aromatic rings. The lowest BCUT2D eigenvalue weighted by Crippen LogP contribution is -2.48. The van der Waals surface area contributed by atoms with Crippen LogP contribution < -0.4 is 5.32 Å².